The molecule has 45 valence electrons. The van der Waals surface area contributed by atoms with E-state index in [1.54, 1.807) is 11.8 Å². The molecular formula is C7H7SSi. The van der Waals surface area contributed by atoms with Crippen molar-refractivity contribution < 1.29 is 0 Å². The summed E-state index contributed by atoms with van der Waals surface area (Å²) in [6.07, 6.45) is 2.07. The van der Waals surface area contributed by atoms with E-state index >= 15 is 0 Å². The summed E-state index contributed by atoms with van der Waals surface area (Å²) in [6.45, 7) is 0. The van der Waals surface area contributed by atoms with E-state index in [2.05, 4.69) is 28.6 Å². The fourth-order valence-electron chi connectivity index (χ4n) is 0.591. The molecule has 0 atom stereocenters. The molecular weight excluding hydrogens is 144 g/mol. The molecule has 0 bridgehead atoms. The summed E-state index contributed by atoms with van der Waals surface area (Å²) >= 11 is 1.76. The Hall–Kier alpha value is -0.213. The maximum atomic E-state index is 3.41. The van der Waals surface area contributed by atoms with Gasteiger partial charge in [0.2, 0.25) is 0 Å². The van der Waals surface area contributed by atoms with Gasteiger partial charge in [0.05, 0.1) is 10.2 Å². The zero-order chi connectivity index (χ0) is 6.69. The zero-order valence-electron chi connectivity index (χ0n) is 5.22. The third kappa shape index (κ3) is 1.88. The summed E-state index contributed by atoms with van der Waals surface area (Å²) in [7, 11) is 3.41. The normalized spacial score (nSPS) is 9.56. The smallest absolute Gasteiger partial charge is 0.0711 e. The lowest BCUT2D eigenvalue weighted by Crippen LogP contribution is -1.98. The van der Waals surface area contributed by atoms with Crippen LogP contribution in [0.5, 0.6) is 0 Å². The molecule has 0 aromatic heterocycles. The van der Waals surface area contributed by atoms with Gasteiger partial charge in [0.1, 0.15) is 0 Å². The van der Waals surface area contributed by atoms with Crippen LogP contribution in [0.4, 0.5) is 0 Å². The van der Waals surface area contributed by atoms with Crippen molar-refractivity contribution >= 4 is 27.2 Å². The van der Waals surface area contributed by atoms with Gasteiger partial charge in [0.15, 0.2) is 0 Å². The van der Waals surface area contributed by atoms with Gasteiger partial charge < -0.3 is 0 Å². The maximum absolute atomic E-state index is 3.41. The molecule has 9 heavy (non-hydrogen) atoms. The highest BCUT2D eigenvalue weighted by molar-refractivity contribution is 7.98. The minimum absolute atomic E-state index is 1.13. The Morgan fingerprint density at radius 3 is 2.22 bits per heavy atom. The molecule has 0 spiro atoms. The van der Waals surface area contributed by atoms with Gasteiger partial charge in [-0.05, 0) is 18.4 Å². The van der Waals surface area contributed by atoms with Crippen LogP contribution in [0, 0.1) is 0 Å². The lowest BCUT2D eigenvalue weighted by molar-refractivity contribution is 1.49. The summed E-state index contributed by atoms with van der Waals surface area (Å²) in [5.74, 6) is 0. The number of hydrogen-bond donors (Lipinski definition) is 0. The number of hydrogen-bond acceptors (Lipinski definition) is 1. The predicted molar refractivity (Wildman–Crippen MR) is 43.6 cm³/mol. The van der Waals surface area contributed by atoms with E-state index in [1.807, 2.05) is 12.1 Å². The molecule has 0 fully saturated rings. The van der Waals surface area contributed by atoms with Crippen LogP contribution in [0.3, 0.4) is 0 Å². The first kappa shape index (κ1) is 6.90. The van der Waals surface area contributed by atoms with Gasteiger partial charge in [-0.25, -0.2) is 0 Å². The summed E-state index contributed by atoms with van der Waals surface area (Å²) in [6, 6.07) is 8.27. The van der Waals surface area contributed by atoms with Crippen molar-refractivity contribution in [1.82, 2.24) is 0 Å². The second-order valence-corrected chi connectivity index (χ2v) is 3.19. The Morgan fingerprint density at radius 1 is 1.22 bits per heavy atom. The highest BCUT2D eigenvalue weighted by atomic mass is 32.2. The van der Waals surface area contributed by atoms with Crippen molar-refractivity contribution in [3.05, 3.63) is 24.3 Å². The van der Waals surface area contributed by atoms with Gasteiger partial charge in [-0.15, -0.1) is 11.8 Å². The average Bonchev–Trinajstić information content (AvgIpc) is 1.90. The monoisotopic (exact) mass is 151 g/mol. The molecule has 0 aliphatic heterocycles. The van der Waals surface area contributed by atoms with E-state index in [-0.39, 0.29) is 0 Å². The van der Waals surface area contributed by atoms with Crippen LogP contribution in [-0.4, -0.2) is 16.5 Å². The van der Waals surface area contributed by atoms with Gasteiger partial charge in [0, 0.05) is 4.90 Å². The molecule has 0 N–H and O–H groups in total. The highest BCUT2D eigenvalue weighted by Gasteiger charge is 1.85. The van der Waals surface area contributed by atoms with Crippen LogP contribution in [0.15, 0.2) is 29.2 Å². The number of rotatable bonds is 1. The molecule has 0 saturated carbocycles. The predicted octanol–water partition coefficient (Wildman–Crippen LogP) is 1.20. The number of benzene rings is 1. The van der Waals surface area contributed by atoms with E-state index in [0.717, 1.165) is 5.19 Å². The van der Waals surface area contributed by atoms with Crippen LogP contribution in [-0.2, 0) is 0 Å². The Morgan fingerprint density at radius 2 is 1.78 bits per heavy atom. The first-order valence-electron chi connectivity index (χ1n) is 2.68. The van der Waals surface area contributed by atoms with Gasteiger partial charge in [-0.1, -0.05) is 17.3 Å². The average molecular weight is 151 g/mol. The first-order valence-corrected chi connectivity index (χ1v) is 4.41. The van der Waals surface area contributed by atoms with Crippen LogP contribution < -0.4 is 5.19 Å². The van der Waals surface area contributed by atoms with Gasteiger partial charge >= 0.3 is 0 Å². The first-order chi connectivity index (χ1) is 4.33. The Bertz CT molecular complexity index is 181. The fraction of sp³-hybridized carbons (Fsp3) is 0.143. The summed E-state index contributed by atoms with van der Waals surface area (Å²) < 4.78 is 0. The quantitative estimate of drug-likeness (QED) is 0.429. The third-order valence-electron chi connectivity index (χ3n) is 1.09. The van der Waals surface area contributed by atoms with Crippen molar-refractivity contribution in [2.24, 2.45) is 0 Å². The Kier molecular flexibility index (Phi) is 2.36. The van der Waals surface area contributed by atoms with E-state index in [1.165, 1.54) is 4.90 Å². The molecule has 0 heterocycles. The van der Waals surface area contributed by atoms with Crippen LogP contribution in [0.2, 0.25) is 0 Å². The zero-order valence-corrected chi connectivity index (χ0v) is 7.03. The van der Waals surface area contributed by atoms with E-state index < -0.39 is 0 Å². The molecule has 1 rings (SSSR count). The molecule has 3 radical (unpaired) electrons. The maximum Gasteiger partial charge on any atom is 0.0711 e. The standard InChI is InChI=1S/C7H7SSi/c1-8-6-2-4-7(9)5-3-6/h2-5H,1H3. The molecule has 1 aromatic carbocycles. The Balaban J connectivity index is 2.88. The molecule has 2 heteroatoms. The van der Waals surface area contributed by atoms with Gasteiger partial charge in [-0.3, -0.25) is 0 Å². The minimum Gasteiger partial charge on any atom is -0.130 e. The lowest BCUT2D eigenvalue weighted by atomic mass is 10.4. The largest absolute Gasteiger partial charge is 0.130 e. The molecule has 0 nitrogen and oxygen atoms in total. The van der Waals surface area contributed by atoms with Crippen molar-refractivity contribution in [3.8, 4) is 0 Å². The summed E-state index contributed by atoms with van der Waals surface area (Å²) in [5.41, 5.74) is 0. The summed E-state index contributed by atoms with van der Waals surface area (Å²) in [5, 5.41) is 1.13. The van der Waals surface area contributed by atoms with E-state index in [4.69, 9.17) is 0 Å². The Labute approximate surface area is 63.1 Å². The second-order valence-electron chi connectivity index (χ2n) is 1.73. The van der Waals surface area contributed by atoms with Crippen molar-refractivity contribution in [2.45, 2.75) is 4.90 Å². The van der Waals surface area contributed by atoms with Crippen molar-refractivity contribution in [1.29, 1.82) is 0 Å². The van der Waals surface area contributed by atoms with E-state index in [0.29, 0.717) is 0 Å². The molecule has 0 aliphatic rings. The lowest BCUT2D eigenvalue weighted by Gasteiger charge is -1.93. The van der Waals surface area contributed by atoms with E-state index in [9.17, 15) is 0 Å². The third-order valence-corrected chi connectivity index (χ3v) is 2.17. The van der Waals surface area contributed by atoms with Crippen molar-refractivity contribution in [3.63, 3.8) is 0 Å². The van der Waals surface area contributed by atoms with Crippen LogP contribution in [0.25, 0.3) is 0 Å². The van der Waals surface area contributed by atoms with Crippen LogP contribution >= 0.6 is 11.8 Å². The van der Waals surface area contributed by atoms with Crippen molar-refractivity contribution in [2.75, 3.05) is 6.26 Å². The second kappa shape index (κ2) is 3.08. The summed E-state index contributed by atoms with van der Waals surface area (Å²) in [4.78, 5) is 1.30. The topological polar surface area (TPSA) is 0 Å². The fourth-order valence-corrected chi connectivity index (χ4v) is 1.17. The van der Waals surface area contributed by atoms with Crippen LogP contribution in [0.1, 0.15) is 0 Å². The number of thioether (sulfide) groups is 1. The van der Waals surface area contributed by atoms with Gasteiger partial charge in [-0.2, -0.15) is 0 Å². The SMILES string of the molecule is CSc1ccc([Si])cc1. The molecule has 0 aliphatic carbocycles. The molecule has 0 amide bonds. The highest BCUT2D eigenvalue weighted by Crippen LogP contribution is 2.10. The minimum atomic E-state index is 1.13. The molecule has 0 saturated heterocycles. The molecule has 0 unspecified atom stereocenters. The molecule has 1 aromatic rings. The van der Waals surface area contributed by atoms with Gasteiger partial charge in [0.25, 0.3) is 0 Å².